The smallest absolute Gasteiger partial charge is 0.338 e. The number of nitrogens with zero attached hydrogens (tertiary/aromatic N) is 3. The lowest BCUT2D eigenvalue weighted by Crippen LogP contribution is -2.13. The summed E-state index contributed by atoms with van der Waals surface area (Å²) in [6, 6.07) is 9.89. The Labute approximate surface area is 188 Å². The maximum absolute atomic E-state index is 12.4. The molecule has 10 heteroatoms. The van der Waals surface area contributed by atoms with Crippen molar-refractivity contribution in [2.45, 2.75) is 19.0 Å². The fraction of sp³-hybridized carbons (Fsp3) is 0.227. The first-order valence-electron chi connectivity index (χ1n) is 9.45. The molecule has 3 rings (SSSR count). The minimum atomic E-state index is -0.677. The quantitative estimate of drug-likeness (QED) is 0.301. The van der Waals surface area contributed by atoms with E-state index in [2.05, 4.69) is 19.7 Å². The van der Waals surface area contributed by atoms with E-state index in [0.29, 0.717) is 5.16 Å². The van der Waals surface area contributed by atoms with Crippen LogP contribution in [-0.2, 0) is 14.3 Å². The van der Waals surface area contributed by atoms with Crippen molar-refractivity contribution in [3.63, 3.8) is 0 Å². The lowest BCUT2D eigenvalue weighted by atomic mass is 10.1. The van der Waals surface area contributed by atoms with Gasteiger partial charge in [-0.3, -0.25) is 9.36 Å². The maximum atomic E-state index is 12.4. The summed E-state index contributed by atoms with van der Waals surface area (Å²) in [5.74, 6) is -2.00. The molecular weight excluding hydrogens is 434 g/mol. The monoisotopic (exact) mass is 455 g/mol. The number of hydrogen-bond acceptors (Lipinski definition) is 9. The van der Waals surface area contributed by atoms with Crippen molar-refractivity contribution >= 4 is 29.7 Å². The Balaban J connectivity index is 1.73. The van der Waals surface area contributed by atoms with Crippen molar-refractivity contribution in [1.82, 2.24) is 14.8 Å². The fourth-order valence-electron chi connectivity index (χ4n) is 2.79. The number of ether oxygens (including phenoxy) is 3. The number of methoxy groups -OCH3 is 2. The highest BCUT2D eigenvalue weighted by Crippen LogP contribution is 2.23. The van der Waals surface area contributed by atoms with Gasteiger partial charge in [0.2, 0.25) is 0 Å². The van der Waals surface area contributed by atoms with Crippen LogP contribution in [0.1, 0.15) is 31.8 Å². The van der Waals surface area contributed by atoms with Gasteiger partial charge < -0.3 is 14.2 Å². The van der Waals surface area contributed by atoms with Crippen LogP contribution < -0.4 is 4.74 Å². The average Bonchev–Trinajstić information content (AvgIpc) is 3.26. The second-order valence-corrected chi connectivity index (χ2v) is 7.69. The summed E-state index contributed by atoms with van der Waals surface area (Å²) in [5, 5.41) is 8.51. The third-order valence-electron chi connectivity index (χ3n) is 4.58. The highest BCUT2D eigenvalue weighted by atomic mass is 32.2. The first-order chi connectivity index (χ1) is 15.3. The molecular formula is C22H21N3O6S. The molecule has 0 atom stereocenters. The third-order valence-corrected chi connectivity index (χ3v) is 5.50. The lowest BCUT2D eigenvalue weighted by molar-refractivity contribution is -0.131. The molecule has 0 aliphatic carbocycles. The maximum Gasteiger partial charge on any atom is 0.338 e. The molecule has 0 bridgehead atoms. The zero-order valence-electron chi connectivity index (χ0n) is 17.9. The summed E-state index contributed by atoms with van der Waals surface area (Å²) >= 11 is 1.15. The molecule has 0 fully saturated rings. The molecule has 0 N–H and O–H groups in total. The first kappa shape index (κ1) is 23.0. The van der Waals surface area contributed by atoms with Crippen molar-refractivity contribution in [3.05, 3.63) is 65.0 Å². The van der Waals surface area contributed by atoms with Gasteiger partial charge in [-0.15, -0.1) is 10.2 Å². The Kier molecular flexibility index (Phi) is 7.26. The van der Waals surface area contributed by atoms with Crippen molar-refractivity contribution in [1.29, 1.82) is 0 Å². The van der Waals surface area contributed by atoms with Gasteiger partial charge in [0.05, 0.1) is 31.1 Å². The van der Waals surface area contributed by atoms with Crippen molar-refractivity contribution in [3.8, 4) is 11.4 Å². The molecule has 1 heterocycles. The van der Waals surface area contributed by atoms with E-state index < -0.39 is 17.9 Å². The Morgan fingerprint density at radius 2 is 1.59 bits per heavy atom. The molecule has 0 unspecified atom stereocenters. The van der Waals surface area contributed by atoms with Crippen molar-refractivity contribution in [2.75, 3.05) is 20.0 Å². The fourth-order valence-corrected chi connectivity index (χ4v) is 3.49. The molecule has 9 nitrogen and oxygen atoms in total. The minimum Gasteiger partial charge on any atom is -0.465 e. The summed E-state index contributed by atoms with van der Waals surface area (Å²) in [6.07, 6.45) is 1.57. The predicted octanol–water partition coefficient (Wildman–Crippen LogP) is 3.16. The van der Waals surface area contributed by atoms with E-state index in [1.165, 1.54) is 38.0 Å². The van der Waals surface area contributed by atoms with Crippen molar-refractivity contribution < 1.29 is 28.6 Å². The van der Waals surface area contributed by atoms with Crippen LogP contribution in [0.25, 0.3) is 5.69 Å². The molecule has 0 amide bonds. The van der Waals surface area contributed by atoms with E-state index in [9.17, 15) is 14.4 Å². The third kappa shape index (κ3) is 5.33. The van der Waals surface area contributed by atoms with Gasteiger partial charge >= 0.3 is 17.9 Å². The SMILES string of the molecule is COC(=O)c1cc(OC(=O)CSc2nncn2-c2ccc(C)c(C)c2)cc(C(=O)OC)c1. The van der Waals surface area contributed by atoms with Crippen LogP contribution in [0.3, 0.4) is 0 Å². The largest absolute Gasteiger partial charge is 0.465 e. The molecule has 3 aromatic rings. The minimum absolute atomic E-state index is 0.0227. The van der Waals surface area contributed by atoms with E-state index in [0.717, 1.165) is 23.0 Å². The first-order valence-corrected chi connectivity index (χ1v) is 10.4. The summed E-state index contributed by atoms with van der Waals surface area (Å²) in [6.45, 7) is 4.04. The van der Waals surface area contributed by atoms with Crippen LogP contribution in [0.4, 0.5) is 0 Å². The Morgan fingerprint density at radius 1 is 0.938 bits per heavy atom. The van der Waals surface area contributed by atoms with Gasteiger partial charge in [0.1, 0.15) is 12.1 Å². The van der Waals surface area contributed by atoms with Crippen LogP contribution in [0.15, 0.2) is 47.9 Å². The van der Waals surface area contributed by atoms with Gasteiger partial charge in [0, 0.05) is 5.69 Å². The number of benzene rings is 2. The molecule has 0 spiro atoms. The summed E-state index contributed by atoms with van der Waals surface area (Å²) < 4.78 is 16.5. The summed E-state index contributed by atoms with van der Waals surface area (Å²) in [7, 11) is 2.42. The number of hydrogen-bond donors (Lipinski definition) is 0. The number of rotatable bonds is 7. The lowest BCUT2D eigenvalue weighted by Gasteiger charge is -2.10. The van der Waals surface area contributed by atoms with Gasteiger partial charge in [-0.1, -0.05) is 17.8 Å². The van der Waals surface area contributed by atoms with Crippen LogP contribution in [-0.4, -0.2) is 52.6 Å². The molecule has 1 aromatic heterocycles. The van der Waals surface area contributed by atoms with E-state index in [-0.39, 0.29) is 22.6 Å². The van der Waals surface area contributed by atoms with Gasteiger partial charge in [0.15, 0.2) is 5.16 Å². The zero-order chi connectivity index (χ0) is 23.3. The van der Waals surface area contributed by atoms with E-state index >= 15 is 0 Å². The second kappa shape index (κ2) is 10.1. The van der Waals surface area contributed by atoms with Gasteiger partial charge in [-0.05, 0) is 55.3 Å². The topological polar surface area (TPSA) is 110 Å². The number of carbonyl (C=O) groups is 3. The molecule has 0 saturated heterocycles. The predicted molar refractivity (Wildman–Crippen MR) is 116 cm³/mol. The van der Waals surface area contributed by atoms with E-state index in [1.807, 2.05) is 32.0 Å². The normalized spacial score (nSPS) is 10.5. The second-order valence-electron chi connectivity index (χ2n) is 6.74. The van der Waals surface area contributed by atoms with Gasteiger partial charge in [-0.2, -0.15) is 0 Å². The number of esters is 3. The van der Waals surface area contributed by atoms with Crippen LogP contribution in [0.2, 0.25) is 0 Å². The number of thioether (sulfide) groups is 1. The molecule has 0 radical (unpaired) electrons. The Morgan fingerprint density at radius 3 is 2.19 bits per heavy atom. The van der Waals surface area contributed by atoms with Crippen LogP contribution >= 0.6 is 11.8 Å². The molecule has 0 aliphatic heterocycles. The van der Waals surface area contributed by atoms with Gasteiger partial charge in [-0.25, -0.2) is 9.59 Å². The Hall–Kier alpha value is -3.66. The highest BCUT2D eigenvalue weighted by molar-refractivity contribution is 7.99. The molecule has 2 aromatic carbocycles. The van der Waals surface area contributed by atoms with Gasteiger partial charge in [0.25, 0.3) is 0 Å². The van der Waals surface area contributed by atoms with Crippen LogP contribution in [0, 0.1) is 13.8 Å². The molecule has 0 aliphatic rings. The zero-order valence-corrected chi connectivity index (χ0v) is 18.8. The standard InChI is InChI=1S/C22H21N3O6S/c1-13-5-6-17(7-14(13)2)25-12-23-24-22(25)32-11-19(26)31-18-9-15(20(27)29-3)8-16(10-18)21(28)30-4/h5-10,12H,11H2,1-4H3. The molecule has 32 heavy (non-hydrogen) atoms. The van der Waals surface area contributed by atoms with E-state index in [1.54, 1.807) is 10.9 Å². The molecule has 0 saturated carbocycles. The number of carbonyl (C=O) groups excluding carboxylic acids is 3. The molecule has 166 valence electrons. The van der Waals surface area contributed by atoms with Crippen LogP contribution in [0.5, 0.6) is 5.75 Å². The average molecular weight is 455 g/mol. The summed E-state index contributed by atoms with van der Waals surface area (Å²) in [5.41, 5.74) is 3.28. The van der Waals surface area contributed by atoms with Crippen molar-refractivity contribution in [2.24, 2.45) is 0 Å². The number of aromatic nitrogens is 3. The Bertz CT molecular complexity index is 1140. The highest BCUT2D eigenvalue weighted by Gasteiger charge is 2.17. The van der Waals surface area contributed by atoms with E-state index in [4.69, 9.17) is 4.74 Å². The number of aryl methyl sites for hydroxylation is 2. The summed E-state index contributed by atoms with van der Waals surface area (Å²) in [4.78, 5) is 36.2.